The van der Waals surface area contributed by atoms with Crippen LogP contribution >= 0.6 is 12.2 Å². The van der Waals surface area contributed by atoms with Crippen molar-refractivity contribution in [1.82, 2.24) is 5.32 Å². The Morgan fingerprint density at radius 1 is 1.89 bits per heavy atom. The number of carbonyl (C=O) groups excluding carboxylic acids is 1. The second-order valence-electron chi connectivity index (χ2n) is 1.85. The van der Waals surface area contributed by atoms with Crippen LogP contribution in [0.15, 0.2) is 0 Å². The normalized spacial score (nSPS) is 12.2. The summed E-state index contributed by atoms with van der Waals surface area (Å²) in [4.78, 5) is 10.6. The van der Waals surface area contributed by atoms with Gasteiger partial charge in [0.1, 0.15) is 0 Å². The van der Waals surface area contributed by atoms with Crippen molar-refractivity contribution in [3.63, 3.8) is 0 Å². The highest BCUT2D eigenvalue weighted by Gasteiger charge is 1.99. The second kappa shape index (κ2) is 4.44. The number of amides is 1. The number of carbonyl (C=O) groups is 1. The van der Waals surface area contributed by atoms with Crippen LogP contribution in [0.5, 0.6) is 0 Å². The Morgan fingerprint density at radius 2 is 2.44 bits per heavy atom. The molecular formula is C6H11NOS. The van der Waals surface area contributed by atoms with Crippen LogP contribution in [0.2, 0.25) is 0 Å². The lowest BCUT2D eigenvalue weighted by atomic mass is 10.3. The van der Waals surface area contributed by atoms with Crippen molar-refractivity contribution in [3.05, 3.63) is 0 Å². The van der Waals surface area contributed by atoms with Crippen LogP contribution < -0.4 is 5.32 Å². The van der Waals surface area contributed by atoms with Gasteiger partial charge in [0.2, 0.25) is 5.91 Å². The zero-order valence-corrected chi connectivity index (χ0v) is 6.49. The van der Waals surface area contributed by atoms with E-state index in [-0.39, 0.29) is 11.9 Å². The minimum Gasteiger partial charge on any atom is -0.349 e. The molecule has 0 saturated carbocycles. The maximum atomic E-state index is 10.6. The Balaban J connectivity index is 3.46. The Bertz CT molecular complexity index is 114. The lowest BCUT2D eigenvalue weighted by molar-refractivity contribution is -0.120. The van der Waals surface area contributed by atoms with Crippen LogP contribution in [0.25, 0.3) is 0 Å². The third kappa shape index (κ3) is 4.09. The molecule has 0 aliphatic rings. The minimum atomic E-state index is 0.0208. The fourth-order valence-electron chi connectivity index (χ4n) is 0.390. The van der Waals surface area contributed by atoms with Crippen LogP contribution in [-0.2, 0) is 4.79 Å². The van der Waals surface area contributed by atoms with Gasteiger partial charge in [0, 0.05) is 11.8 Å². The van der Waals surface area contributed by atoms with Gasteiger partial charge in [-0.25, -0.2) is 0 Å². The van der Waals surface area contributed by atoms with Crippen LogP contribution in [0.1, 0.15) is 20.3 Å². The highest BCUT2D eigenvalue weighted by molar-refractivity contribution is 7.79. The first-order valence-corrected chi connectivity index (χ1v) is 3.42. The molecule has 0 aromatic carbocycles. The van der Waals surface area contributed by atoms with Gasteiger partial charge < -0.3 is 5.32 Å². The quantitative estimate of drug-likeness (QED) is 0.598. The van der Waals surface area contributed by atoms with E-state index in [4.69, 9.17) is 0 Å². The number of nitrogens with one attached hydrogen (secondary N) is 1. The van der Waals surface area contributed by atoms with Gasteiger partial charge in [-0.15, -0.1) is 0 Å². The zero-order valence-electron chi connectivity index (χ0n) is 5.68. The smallest absolute Gasteiger partial charge is 0.220 e. The molecule has 1 unspecified atom stereocenters. The molecule has 9 heavy (non-hydrogen) atoms. The summed E-state index contributed by atoms with van der Waals surface area (Å²) in [6.07, 6.45) is 0.521. The maximum absolute atomic E-state index is 10.6. The van der Waals surface area contributed by atoms with E-state index in [0.717, 1.165) is 0 Å². The molecular weight excluding hydrogens is 134 g/mol. The molecule has 1 amide bonds. The van der Waals surface area contributed by atoms with E-state index in [1.54, 1.807) is 0 Å². The van der Waals surface area contributed by atoms with Crippen molar-refractivity contribution < 1.29 is 4.79 Å². The first kappa shape index (κ1) is 8.56. The molecule has 0 spiro atoms. The molecule has 0 aliphatic carbocycles. The predicted molar refractivity (Wildman–Crippen MR) is 41.6 cm³/mol. The summed E-state index contributed by atoms with van der Waals surface area (Å²) in [7, 11) is 0. The molecule has 52 valence electrons. The van der Waals surface area contributed by atoms with Gasteiger partial charge >= 0.3 is 0 Å². The van der Waals surface area contributed by atoms with E-state index in [9.17, 15) is 4.79 Å². The highest BCUT2D eigenvalue weighted by atomic mass is 32.1. The van der Waals surface area contributed by atoms with Gasteiger partial charge in [0.15, 0.2) is 0 Å². The molecule has 0 saturated heterocycles. The van der Waals surface area contributed by atoms with Gasteiger partial charge in [-0.05, 0) is 6.92 Å². The van der Waals surface area contributed by atoms with Gasteiger partial charge in [-0.2, -0.15) is 0 Å². The lowest BCUT2D eigenvalue weighted by Gasteiger charge is -2.05. The fourth-order valence-corrected chi connectivity index (χ4v) is 0.458. The first-order valence-electron chi connectivity index (χ1n) is 2.95. The van der Waals surface area contributed by atoms with Gasteiger partial charge in [-0.1, -0.05) is 19.1 Å². The zero-order chi connectivity index (χ0) is 7.28. The van der Waals surface area contributed by atoms with Crippen molar-refractivity contribution in [2.24, 2.45) is 0 Å². The van der Waals surface area contributed by atoms with Crippen LogP contribution in [0.4, 0.5) is 0 Å². The van der Waals surface area contributed by atoms with Gasteiger partial charge in [-0.3, -0.25) is 4.79 Å². The van der Waals surface area contributed by atoms with Crippen LogP contribution in [0.3, 0.4) is 0 Å². The number of rotatable bonds is 3. The van der Waals surface area contributed by atoms with E-state index in [1.807, 2.05) is 13.8 Å². The van der Waals surface area contributed by atoms with E-state index < -0.39 is 0 Å². The van der Waals surface area contributed by atoms with E-state index in [2.05, 4.69) is 17.5 Å². The summed E-state index contributed by atoms with van der Waals surface area (Å²) < 4.78 is 0. The van der Waals surface area contributed by atoms with E-state index in [0.29, 0.717) is 6.42 Å². The highest BCUT2D eigenvalue weighted by Crippen LogP contribution is 1.79. The Kier molecular flexibility index (Phi) is 4.22. The Labute approximate surface area is 60.6 Å². The average Bonchev–Trinajstić information content (AvgIpc) is 1.87. The summed E-state index contributed by atoms with van der Waals surface area (Å²) in [6.45, 7) is 3.66. The van der Waals surface area contributed by atoms with Crippen molar-refractivity contribution >= 4 is 23.5 Å². The second-order valence-corrected chi connectivity index (χ2v) is 2.12. The molecule has 0 bridgehead atoms. The first-order chi connectivity index (χ1) is 4.20. The summed E-state index contributed by atoms with van der Waals surface area (Å²) in [5.41, 5.74) is 0. The SMILES string of the molecule is CCC(=O)NC(C)C=S. The molecule has 1 atom stereocenters. The largest absolute Gasteiger partial charge is 0.349 e. The molecule has 0 fully saturated rings. The molecule has 0 rings (SSSR count). The molecule has 3 heteroatoms. The molecule has 1 N–H and O–H groups in total. The number of thiocarbonyl (C=S) groups is 1. The predicted octanol–water partition coefficient (Wildman–Crippen LogP) is 0.901. The molecule has 2 nitrogen and oxygen atoms in total. The molecule has 0 aliphatic heterocycles. The maximum Gasteiger partial charge on any atom is 0.220 e. The van der Waals surface area contributed by atoms with Crippen molar-refractivity contribution in [2.45, 2.75) is 26.3 Å². The third-order valence-corrected chi connectivity index (χ3v) is 1.32. The van der Waals surface area contributed by atoms with Crippen LogP contribution in [0, 0.1) is 0 Å². The van der Waals surface area contributed by atoms with Gasteiger partial charge in [0.25, 0.3) is 0 Å². The Hall–Kier alpha value is -0.440. The molecule has 0 radical (unpaired) electrons. The molecule has 0 aromatic rings. The minimum absolute atomic E-state index is 0.0208. The summed E-state index contributed by atoms with van der Waals surface area (Å²) in [5.74, 6) is 0.0450. The average molecular weight is 145 g/mol. The topological polar surface area (TPSA) is 29.1 Å². The third-order valence-electron chi connectivity index (χ3n) is 0.914. The summed E-state index contributed by atoms with van der Waals surface area (Å²) >= 11 is 4.60. The number of hydrogen-bond acceptors (Lipinski definition) is 2. The van der Waals surface area contributed by atoms with Crippen molar-refractivity contribution in [3.8, 4) is 0 Å². The lowest BCUT2D eigenvalue weighted by Crippen LogP contribution is -2.32. The van der Waals surface area contributed by atoms with E-state index >= 15 is 0 Å². The summed E-state index contributed by atoms with van der Waals surface area (Å²) in [5, 5.41) is 4.22. The fraction of sp³-hybridized carbons (Fsp3) is 0.667. The molecule has 0 heterocycles. The van der Waals surface area contributed by atoms with Crippen molar-refractivity contribution in [2.75, 3.05) is 0 Å². The van der Waals surface area contributed by atoms with E-state index in [1.165, 1.54) is 5.37 Å². The van der Waals surface area contributed by atoms with Crippen molar-refractivity contribution in [1.29, 1.82) is 0 Å². The monoisotopic (exact) mass is 145 g/mol. The molecule has 0 aromatic heterocycles. The van der Waals surface area contributed by atoms with Gasteiger partial charge in [0.05, 0.1) is 6.04 Å². The Morgan fingerprint density at radius 3 is 2.78 bits per heavy atom. The van der Waals surface area contributed by atoms with Crippen LogP contribution in [-0.4, -0.2) is 17.3 Å². The standard InChI is InChI=1S/C6H11NOS/c1-3-6(8)7-5(2)4-9/h4-5H,3H2,1-2H3,(H,7,8). The number of hydrogen-bond donors (Lipinski definition) is 1. The summed E-state index contributed by atoms with van der Waals surface area (Å²) in [6, 6.07) is 0.0208.